The molecule has 0 unspecified atom stereocenters. The van der Waals surface area contributed by atoms with Crippen LogP contribution in [0.5, 0.6) is 0 Å². The van der Waals surface area contributed by atoms with E-state index in [9.17, 15) is 9.59 Å². The average Bonchev–Trinajstić information content (AvgIpc) is 2.40. The van der Waals surface area contributed by atoms with Crippen molar-refractivity contribution in [2.24, 2.45) is 28.9 Å². The summed E-state index contributed by atoms with van der Waals surface area (Å²) in [6.07, 6.45) is 8.43. The molecule has 0 aromatic rings. The third-order valence-corrected chi connectivity index (χ3v) is 5.89. The van der Waals surface area contributed by atoms with Crippen molar-refractivity contribution < 1.29 is 9.59 Å². The quantitative estimate of drug-likeness (QED) is 0.694. The van der Waals surface area contributed by atoms with Crippen molar-refractivity contribution in [1.29, 1.82) is 0 Å². The molecule has 4 rings (SSSR count). The summed E-state index contributed by atoms with van der Waals surface area (Å²) in [4.78, 5) is 24.1. The fraction of sp³-hybridized carbons (Fsp3) is 0.889. The maximum Gasteiger partial charge on any atom is 0.239 e. The van der Waals surface area contributed by atoms with E-state index < -0.39 is 5.54 Å². The highest BCUT2D eigenvalue weighted by Crippen LogP contribution is 2.61. The molecule has 5 nitrogen and oxygen atoms in total. The topological polar surface area (TPSA) is 84.2 Å². The zero-order valence-corrected chi connectivity index (χ0v) is 14.5. The standard InChI is InChI=1S/C18H31N3O2/c1-17(2,19)11-21-16(23)10-20-15(22)9-18-6-12-3-13(7-18)5-14(4-12)8-18/h12-14H,3-11,19H2,1-2H3,(H,20,22)(H,21,23). The minimum absolute atomic E-state index is 0.0362. The van der Waals surface area contributed by atoms with Gasteiger partial charge in [-0.25, -0.2) is 0 Å². The average molecular weight is 321 g/mol. The van der Waals surface area contributed by atoms with Crippen LogP contribution in [0.15, 0.2) is 0 Å². The fourth-order valence-electron chi connectivity index (χ4n) is 5.48. The first-order chi connectivity index (χ1) is 10.7. The van der Waals surface area contributed by atoms with Crippen LogP contribution >= 0.6 is 0 Å². The zero-order chi connectivity index (χ0) is 16.7. The third kappa shape index (κ3) is 4.25. The number of hydrogen-bond acceptors (Lipinski definition) is 3. The van der Waals surface area contributed by atoms with Crippen LogP contribution in [-0.2, 0) is 9.59 Å². The maximum atomic E-state index is 12.3. The van der Waals surface area contributed by atoms with E-state index in [2.05, 4.69) is 10.6 Å². The van der Waals surface area contributed by atoms with E-state index in [0.717, 1.165) is 17.8 Å². The first-order valence-electron chi connectivity index (χ1n) is 9.05. The van der Waals surface area contributed by atoms with Gasteiger partial charge in [-0.15, -0.1) is 0 Å². The SMILES string of the molecule is CC(C)(N)CNC(=O)CNC(=O)CC12CC3CC(CC(C3)C1)C2. The molecule has 0 atom stereocenters. The maximum absolute atomic E-state index is 12.3. The van der Waals surface area contributed by atoms with Crippen LogP contribution in [0, 0.1) is 23.2 Å². The van der Waals surface area contributed by atoms with Gasteiger partial charge in [0.1, 0.15) is 0 Å². The predicted octanol–water partition coefficient (Wildman–Crippen LogP) is 1.56. The lowest BCUT2D eigenvalue weighted by atomic mass is 9.49. The Kier molecular flexibility index (Phi) is 4.43. The number of nitrogens with one attached hydrogen (secondary N) is 2. The van der Waals surface area contributed by atoms with Crippen LogP contribution in [0.25, 0.3) is 0 Å². The van der Waals surface area contributed by atoms with E-state index in [1.54, 1.807) is 0 Å². The summed E-state index contributed by atoms with van der Waals surface area (Å²) in [5, 5.41) is 5.56. The van der Waals surface area contributed by atoms with Gasteiger partial charge in [0, 0.05) is 18.5 Å². The van der Waals surface area contributed by atoms with Gasteiger partial charge in [-0.2, -0.15) is 0 Å². The first kappa shape index (κ1) is 16.7. The Morgan fingerprint density at radius 3 is 2.00 bits per heavy atom. The molecule has 4 aliphatic rings. The van der Waals surface area contributed by atoms with Gasteiger partial charge in [0.25, 0.3) is 0 Å². The minimum atomic E-state index is -0.432. The first-order valence-corrected chi connectivity index (χ1v) is 9.05. The smallest absolute Gasteiger partial charge is 0.239 e. The Hall–Kier alpha value is -1.10. The summed E-state index contributed by atoms with van der Waals surface area (Å²) >= 11 is 0. The van der Waals surface area contributed by atoms with Crippen molar-refractivity contribution in [3.05, 3.63) is 0 Å². The highest BCUT2D eigenvalue weighted by Gasteiger charge is 2.51. The minimum Gasteiger partial charge on any atom is -0.353 e. The molecule has 0 heterocycles. The molecule has 0 radical (unpaired) electrons. The predicted molar refractivity (Wildman–Crippen MR) is 89.5 cm³/mol. The molecule has 2 amide bonds. The van der Waals surface area contributed by atoms with Crippen LogP contribution in [0.2, 0.25) is 0 Å². The second-order valence-electron chi connectivity index (χ2n) is 9.14. The Labute approximate surface area is 139 Å². The molecule has 0 aromatic heterocycles. The molecule has 4 fully saturated rings. The molecule has 0 aliphatic heterocycles. The van der Waals surface area contributed by atoms with E-state index in [0.29, 0.717) is 13.0 Å². The number of amides is 2. The lowest BCUT2D eigenvalue weighted by molar-refractivity contribution is -0.131. The van der Waals surface area contributed by atoms with Gasteiger partial charge in [0.2, 0.25) is 11.8 Å². The van der Waals surface area contributed by atoms with Crippen LogP contribution in [-0.4, -0.2) is 30.4 Å². The molecule has 4 bridgehead atoms. The lowest BCUT2D eigenvalue weighted by Gasteiger charge is -2.56. The van der Waals surface area contributed by atoms with Gasteiger partial charge in [0.05, 0.1) is 6.54 Å². The molecule has 23 heavy (non-hydrogen) atoms. The van der Waals surface area contributed by atoms with Crippen molar-refractivity contribution in [3.63, 3.8) is 0 Å². The summed E-state index contributed by atoms with van der Waals surface area (Å²) < 4.78 is 0. The van der Waals surface area contributed by atoms with Gasteiger partial charge in [-0.05, 0) is 75.5 Å². The molecular weight excluding hydrogens is 290 g/mol. The second kappa shape index (κ2) is 6.08. The molecular formula is C18H31N3O2. The molecule has 4 N–H and O–H groups in total. The third-order valence-electron chi connectivity index (χ3n) is 5.89. The number of rotatable bonds is 6. The fourth-order valence-corrected chi connectivity index (χ4v) is 5.48. The van der Waals surface area contributed by atoms with Crippen LogP contribution < -0.4 is 16.4 Å². The number of nitrogens with two attached hydrogens (primary N) is 1. The largest absolute Gasteiger partial charge is 0.353 e. The summed E-state index contributed by atoms with van der Waals surface area (Å²) in [5.74, 6) is 2.42. The molecule has 0 saturated heterocycles. The number of hydrogen-bond donors (Lipinski definition) is 3. The monoisotopic (exact) mass is 321 g/mol. The van der Waals surface area contributed by atoms with E-state index in [1.807, 2.05) is 13.8 Å². The van der Waals surface area contributed by atoms with E-state index in [4.69, 9.17) is 5.73 Å². The highest BCUT2D eigenvalue weighted by atomic mass is 16.2. The Bertz CT molecular complexity index is 446. The van der Waals surface area contributed by atoms with E-state index >= 15 is 0 Å². The van der Waals surface area contributed by atoms with Gasteiger partial charge in [0.15, 0.2) is 0 Å². The number of carbonyl (C=O) groups excluding carboxylic acids is 2. The molecule has 4 aliphatic carbocycles. The van der Waals surface area contributed by atoms with Gasteiger partial charge in [-0.3, -0.25) is 9.59 Å². The lowest BCUT2D eigenvalue weighted by Crippen LogP contribution is -2.49. The van der Waals surface area contributed by atoms with Crippen molar-refractivity contribution in [2.45, 2.75) is 64.3 Å². The van der Waals surface area contributed by atoms with Crippen molar-refractivity contribution in [3.8, 4) is 0 Å². The number of carbonyl (C=O) groups is 2. The molecule has 0 spiro atoms. The van der Waals surface area contributed by atoms with Crippen molar-refractivity contribution in [1.82, 2.24) is 10.6 Å². The van der Waals surface area contributed by atoms with Crippen LogP contribution in [0.1, 0.15) is 58.8 Å². The van der Waals surface area contributed by atoms with E-state index in [-0.39, 0.29) is 23.8 Å². The summed E-state index contributed by atoms with van der Waals surface area (Å²) in [6, 6.07) is 0. The Morgan fingerprint density at radius 1 is 1.00 bits per heavy atom. The normalized spacial score (nSPS) is 35.2. The molecule has 0 aromatic carbocycles. The van der Waals surface area contributed by atoms with Crippen LogP contribution in [0.4, 0.5) is 0 Å². The Morgan fingerprint density at radius 2 is 1.52 bits per heavy atom. The van der Waals surface area contributed by atoms with Crippen molar-refractivity contribution in [2.75, 3.05) is 13.1 Å². The second-order valence-corrected chi connectivity index (χ2v) is 9.14. The highest BCUT2D eigenvalue weighted by molar-refractivity contribution is 5.85. The molecule has 4 saturated carbocycles. The molecule has 5 heteroatoms. The summed E-state index contributed by atoms with van der Waals surface area (Å²) in [6.45, 7) is 4.19. The zero-order valence-electron chi connectivity index (χ0n) is 14.5. The van der Waals surface area contributed by atoms with E-state index in [1.165, 1.54) is 38.5 Å². The summed E-state index contributed by atoms with van der Waals surface area (Å²) in [7, 11) is 0. The van der Waals surface area contributed by atoms with Gasteiger partial charge >= 0.3 is 0 Å². The summed E-state index contributed by atoms with van der Waals surface area (Å²) in [5.41, 5.74) is 5.63. The van der Waals surface area contributed by atoms with Crippen molar-refractivity contribution >= 4 is 11.8 Å². The molecule has 130 valence electrons. The van der Waals surface area contributed by atoms with Crippen LogP contribution in [0.3, 0.4) is 0 Å². The van der Waals surface area contributed by atoms with Gasteiger partial charge < -0.3 is 16.4 Å². The van der Waals surface area contributed by atoms with Gasteiger partial charge in [-0.1, -0.05) is 0 Å². The Balaban J connectivity index is 1.44.